The Kier molecular flexibility index (Phi) is 3.15. The number of nitrogen functional groups attached to an aromatic ring is 1. The minimum absolute atomic E-state index is 0.464. The highest BCUT2D eigenvalue weighted by Crippen LogP contribution is 2.27. The molecule has 4 nitrogen and oxygen atoms in total. The van der Waals surface area contributed by atoms with E-state index in [0.717, 1.165) is 16.8 Å². The number of nitrogens with two attached hydrogens (primary N) is 1. The van der Waals surface area contributed by atoms with Crippen molar-refractivity contribution in [1.82, 2.24) is 9.97 Å². The van der Waals surface area contributed by atoms with Gasteiger partial charge in [-0.1, -0.05) is 17.7 Å². The van der Waals surface area contributed by atoms with Crippen LogP contribution in [0.2, 0.25) is 5.02 Å². The summed E-state index contributed by atoms with van der Waals surface area (Å²) in [7, 11) is 0. The Labute approximate surface area is 105 Å². The fourth-order valence-electron chi connectivity index (χ4n) is 1.44. The molecule has 0 saturated heterocycles. The van der Waals surface area contributed by atoms with Crippen LogP contribution in [0.25, 0.3) is 0 Å². The van der Waals surface area contributed by atoms with Crippen LogP contribution in [0.3, 0.4) is 0 Å². The van der Waals surface area contributed by atoms with Gasteiger partial charge in [0.2, 0.25) is 0 Å². The molecular weight excluding hydrogens is 236 g/mol. The molecule has 0 fully saturated rings. The molecule has 1 aromatic heterocycles. The summed E-state index contributed by atoms with van der Waals surface area (Å²) in [6.45, 7) is 3.85. The first-order valence-corrected chi connectivity index (χ1v) is 5.56. The first-order valence-electron chi connectivity index (χ1n) is 5.18. The number of benzene rings is 1. The number of hydrogen-bond donors (Lipinski definition) is 2. The molecule has 2 rings (SSSR count). The minimum Gasteiger partial charge on any atom is -0.383 e. The maximum Gasteiger partial charge on any atom is 0.138 e. The number of nitrogens with zero attached hydrogens (tertiary/aromatic N) is 2. The van der Waals surface area contributed by atoms with Gasteiger partial charge in [-0.3, -0.25) is 0 Å². The average Bonchev–Trinajstić information content (AvgIpc) is 2.28. The van der Waals surface area contributed by atoms with Gasteiger partial charge in [-0.15, -0.1) is 0 Å². The fraction of sp³-hybridized carbons (Fsp3) is 0.167. The van der Waals surface area contributed by atoms with Crippen LogP contribution in [0.1, 0.15) is 11.1 Å². The Morgan fingerprint density at radius 1 is 1.24 bits per heavy atom. The molecule has 0 amide bonds. The maximum atomic E-state index is 6.13. The molecule has 0 saturated carbocycles. The summed E-state index contributed by atoms with van der Waals surface area (Å²) in [5.74, 6) is 1.13. The molecule has 0 aliphatic carbocycles. The van der Waals surface area contributed by atoms with Gasteiger partial charge >= 0.3 is 0 Å². The quantitative estimate of drug-likeness (QED) is 0.857. The second kappa shape index (κ2) is 4.59. The first kappa shape index (κ1) is 11.7. The van der Waals surface area contributed by atoms with Crippen LogP contribution in [-0.2, 0) is 0 Å². The number of nitrogens with one attached hydrogen (secondary N) is 1. The molecule has 5 heteroatoms. The Balaban J connectivity index is 2.35. The zero-order valence-corrected chi connectivity index (χ0v) is 10.4. The summed E-state index contributed by atoms with van der Waals surface area (Å²) in [6, 6.07) is 5.78. The van der Waals surface area contributed by atoms with Crippen LogP contribution >= 0.6 is 11.6 Å². The summed E-state index contributed by atoms with van der Waals surface area (Å²) >= 11 is 6.13. The summed E-state index contributed by atoms with van der Waals surface area (Å²) in [5, 5.41) is 3.80. The lowest BCUT2D eigenvalue weighted by molar-refractivity contribution is 1.14. The fourth-order valence-corrected chi connectivity index (χ4v) is 1.72. The van der Waals surface area contributed by atoms with E-state index < -0.39 is 0 Å². The minimum atomic E-state index is 0.464. The van der Waals surface area contributed by atoms with Crippen molar-refractivity contribution in [3.63, 3.8) is 0 Å². The van der Waals surface area contributed by atoms with E-state index in [1.165, 1.54) is 6.33 Å². The molecular formula is C12H13ClN4. The van der Waals surface area contributed by atoms with Gasteiger partial charge in [0.15, 0.2) is 0 Å². The van der Waals surface area contributed by atoms with Crippen molar-refractivity contribution < 1.29 is 0 Å². The van der Waals surface area contributed by atoms with E-state index in [1.54, 1.807) is 0 Å². The van der Waals surface area contributed by atoms with Gasteiger partial charge < -0.3 is 11.1 Å². The number of anilines is 3. The van der Waals surface area contributed by atoms with Crippen LogP contribution in [0.4, 0.5) is 17.3 Å². The Bertz CT molecular complexity index is 554. The SMILES string of the molecule is Cc1ccc(Nc2ncnc(N)c2C)c(Cl)c1. The molecule has 88 valence electrons. The van der Waals surface area contributed by atoms with Crippen molar-refractivity contribution >= 4 is 28.9 Å². The van der Waals surface area contributed by atoms with Crippen LogP contribution < -0.4 is 11.1 Å². The van der Waals surface area contributed by atoms with Gasteiger partial charge in [-0.05, 0) is 31.5 Å². The van der Waals surface area contributed by atoms with E-state index in [2.05, 4.69) is 15.3 Å². The number of rotatable bonds is 2. The Morgan fingerprint density at radius 2 is 2.00 bits per heavy atom. The van der Waals surface area contributed by atoms with Gasteiger partial charge in [0.1, 0.15) is 18.0 Å². The van der Waals surface area contributed by atoms with E-state index in [1.807, 2.05) is 32.0 Å². The van der Waals surface area contributed by atoms with Gasteiger partial charge in [0.25, 0.3) is 0 Å². The second-order valence-corrected chi connectivity index (χ2v) is 4.25. The van der Waals surface area contributed by atoms with Crippen molar-refractivity contribution in [1.29, 1.82) is 0 Å². The molecule has 1 heterocycles. The monoisotopic (exact) mass is 248 g/mol. The normalized spacial score (nSPS) is 10.3. The number of hydrogen-bond acceptors (Lipinski definition) is 4. The molecule has 0 spiro atoms. The highest BCUT2D eigenvalue weighted by molar-refractivity contribution is 6.33. The van der Waals surface area contributed by atoms with Crippen molar-refractivity contribution in [2.24, 2.45) is 0 Å². The van der Waals surface area contributed by atoms with Crippen LogP contribution in [0.15, 0.2) is 24.5 Å². The lowest BCUT2D eigenvalue weighted by atomic mass is 10.2. The molecule has 3 N–H and O–H groups in total. The van der Waals surface area contributed by atoms with Crippen molar-refractivity contribution in [3.05, 3.63) is 40.7 Å². The number of halogens is 1. The van der Waals surface area contributed by atoms with Gasteiger partial charge in [-0.2, -0.15) is 0 Å². The van der Waals surface area contributed by atoms with Gasteiger partial charge in [0.05, 0.1) is 10.7 Å². The van der Waals surface area contributed by atoms with Crippen molar-refractivity contribution in [3.8, 4) is 0 Å². The highest BCUT2D eigenvalue weighted by atomic mass is 35.5. The highest BCUT2D eigenvalue weighted by Gasteiger charge is 2.06. The topological polar surface area (TPSA) is 63.8 Å². The first-order chi connectivity index (χ1) is 8.08. The molecule has 1 aromatic carbocycles. The summed E-state index contributed by atoms with van der Waals surface area (Å²) < 4.78 is 0. The third-order valence-corrected chi connectivity index (χ3v) is 2.81. The standard InChI is InChI=1S/C12H13ClN4/c1-7-3-4-10(9(13)5-7)17-12-8(2)11(14)15-6-16-12/h3-6H,1-2H3,(H3,14,15,16,17). The zero-order chi connectivity index (χ0) is 12.4. The molecule has 17 heavy (non-hydrogen) atoms. The largest absolute Gasteiger partial charge is 0.383 e. The Hall–Kier alpha value is -1.81. The van der Waals surface area contributed by atoms with E-state index in [4.69, 9.17) is 17.3 Å². The molecule has 0 aliphatic rings. The number of aryl methyl sites for hydroxylation is 1. The zero-order valence-electron chi connectivity index (χ0n) is 9.66. The number of aromatic nitrogens is 2. The van der Waals surface area contributed by atoms with Crippen molar-refractivity contribution in [2.45, 2.75) is 13.8 Å². The summed E-state index contributed by atoms with van der Waals surface area (Å²) in [6.07, 6.45) is 1.42. The summed E-state index contributed by atoms with van der Waals surface area (Å²) in [5.41, 5.74) is 8.44. The predicted molar refractivity (Wildman–Crippen MR) is 70.7 cm³/mol. The lowest BCUT2D eigenvalue weighted by Crippen LogP contribution is -2.02. The average molecular weight is 249 g/mol. The molecule has 0 bridgehead atoms. The maximum absolute atomic E-state index is 6.13. The molecule has 2 aromatic rings. The van der Waals surface area contributed by atoms with Crippen LogP contribution in [0.5, 0.6) is 0 Å². The third kappa shape index (κ3) is 2.47. The van der Waals surface area contributed by atoms with E-state index >= 15 is 0 Å². The summed E-state index contributed by atoms with van der Waals surface area (Å²) in [4.78, 5) is 8.05. The van der Waals surface area contributed by atoms with E-state index in [-0.39, 0.29) is 0 Å². The van der Waals surface area contributed by atoms with Crippen LogP contribution in [0, 0.1) is 13.8 Å². The second-order valence-electron chi connectivity index (χ2n) is 3.84. The van der Waals surface area contributed by atoms with Gasteiger partial charge in [0, 0.05) is 5.56 Å². The molecule has 0 unspecified atom stereocenters. The molecule has 0 atom stereocenters. The Morgan fingerprint density at radius 3 is 2.71 bits per heavy atom. The smallest absolute Gasteiger partial charge is 0.138 e. The lowest BCUT2D eigenvalue weighted by Gasteiger charge is -2.11. The molecule has 0 radical (unpaired) electrons. The van der Waals surface area contributed by atoms with Crippen LogP contribution in [-0.4, -0.2) is 9.97 Å². The van der Waals surface area contributed by atoms with Gasteiger partial charge in [-0.25, -0.2) is 9.97 Å². The predicted octanol–water partition coefficient (Wildman–Crippen LogP) is 3.07. The van der Waals surface area contributed by atoms with Crippen molar-refractivity contribution in [2.75, 3.05) is 11.1 Å². The van der Waals surface area contributed by atoms with E-state index in [9.17, 15) is 0 Å². The third-order valence-electron chi connectivity index (χ3n) is 2.50. The van der Waals surface area contributed by atoms with E-state index in [0.29, 0.717) is 16.7 Å². The molecule has 0 aliphatic heterocycles.